The number of furan rings is 1. The van der Waals surface area contributed by atoms with Crippen LogP contribution in [-0.4, -0.2) is 65.0 Å². The van der Waals surface area contributed by atoms with Gasteiger partial charge in [-0.15, -0.1) is 0 Å². The Hall–Kier alpha value is -4.83. The van der Waals surface area contributed by atoms with Crippen molar-refractivity contribution in [2.75, 3.05) is 31.6 Å². The van der Waals surface area contributed by atoms with Gasteiger partial charge in [0.25, 0.3) is 5.91 Å². The smallest absolute Gasteiger partial charge is 0.332 e. The minimum atomic E-state index is -1.36. The molecule has 0 aliphatic carbocycles. The summed E-state index contributed by atoms with van der Waals surface area (Å²) in [7, 11) is 1.30. The van der Waals surface area contributed by atoms with Crippen molar-refractivity contribution in [2.24, 2.45) is 0 Å². The van der Waals surface area contributed by atoms with Gasteiger partial charge in [-0.2, -0.15) is 0 Å². The monoisotopic (exact) mass is 568 g/mol. The quantitative estimate of drug-likeness (QED) is 0.259. The van der Waals surface area contributed by atoms with Crippen LogP contribution in [0.5, 0.6) is 0 Å². The maximum atomic E-state index is 13.7. The Bertz CT molecular complexity index is 1460. The zero-order valence-corrected chi connectivity index (χ0v) is 23.3. The van der Waals surface area contributed by atoms with Crippen LogP contribution >= 0.6 is 0 Å². The average molecular weight is 569 g/mol. The first kappa shape index (κ1) is 28.7. The molecule has 10 heteroatoms. The van der Waals surface area contributed by atoms with E-state index in [0.29, 0.717) is 19.6 Å². The number of piperidine rings is 1. The van der Waals surface area contributed by atoms with Gasteiger partial charge in [0, 0.05) is 32.0 Å². The third-order valence-electron chi connectivity index (χ3n) is 7.54. The highest BCUT2D eigenvalue weighted by atomic mass is 16.5. The molecule has 5 rings (SSSR count). The first-order valence-corrected chi connectivity index (χ1v) is 13.7. The summed E-state index contributed by atoms with van der Waals surface area (Å²) in [6.45, 7) is 1.38. The number of carbonyl (C=O) groups is 3. The lowest BCUT2D eigenvalue weighted by Gasteiger charge is -2.45. The molecule has 1 amide bonds. The fourth-order valence-corrected chi connectivity index (χ4v) is 5.34. The summed E-state index contributed by atoms with van der Waals surface area (Å²) in [4.78, 5) is 52.5. The van der Waals surface area contributed by atoms with Crippen LogP contribution in [0.25, 0.3) is 0 Å². The third-order valence-corrected chi connectivity index (χ3v) is 7.54. The number of anilines is 1. The molecule has 10 nitrogen and oxygen atoms in total. The van der Waals surface area contributed by atoms with Crippen LogP contribution in [0.15, 0.2) is 102 Å². The fraction of sp³-hybridized carbons (Fsp3) is 0.281. The molecule has 0 spiro atoms. The van der Waals surface area contributed by atoms with E-state index in [1.807, 2.05) is 60.7 Å². The molecule has 0 radical (unpaired) electrons. The summed E-state index contributed by atoms with van der Waals surface area (Å²) in [5.74, 6) is -1.67. The van der Waals surface area contributed by atoms with Gasteiger partial charge >= 0.3 is 11.9 Å². The van der Waals surface area contributed by atoms with Crippen LogP contribution in [0.3, 0.4) is 0 Å². The minimum Gasteiger partial charge on any atom is -0.467 e. The van der Waals surface area contributed by atoms with Crippen LogP contribution in [0.2, 0.25) is 0 Å². The Morgan fingerprint density at radius 1 is 0.976 bits per heavy atom. The number of carbonyl (C=O) groups excluding carboxylic acids is 3. The number of nitrogens with zero attached hydrogens (tertiary/aromatic N) is 4. The van der Waals surface area contributed by atoms with Gasteiger partial charge in [0.15, 0.2) is 11.6 Å². The first-order chi connectivity index (χ1) is 20.5. The lowest BCUT2D eigenvalue weighted by atomic mass is 9.84. The van der Waals surface area contributed by atoms with Crippen molar-refractivity contribution in [3.05, 3.63) is 115 Å². The number of aromatic nitrogens is 2. The van der Waals surface area contributed by atoms with Crippen LogP contribution in [0.1, 0.15) is 40.4 Å². The van der Waals surface area contributed by atoms with E-state index >= 15 is 0 Å². The van der Waals surface area contributed by atoms with Gasteiger partial charge in [-0.05, 0) is 36.1 Å². The Morgan fingerprint density at radius 2 is 1.69 bits per heavy atom. The van der Waals surface area contributed by atoms with E-state index in [1.165, 1.54) is 42.9 Å². The summed E-state index contributed by atoms with van der Waals surface area (Å²) in [6.07, 6.45) is 6.27. The SMILES string of the molecule is COC(=O)C1(N(C(=O)c2ccco2)c2cnccn2)CCN(CC(C(=O)OCc2ccccc2)c2ccccc2)CC1. The van der Waals surface area contributed by atoms with E-state index in [4.69, 9.17) is 13.9 Å². The molecular weight excluding hydrogens is 536 g/mol. The molecule has 0 saturated carbocycles. The Labute approximate surface area is 243 Å². The number of hydrogen-bond acceptors (Lipinski definition) is 9. The van der Waals surface area contributed by atoms with Crippen LogP contribution in [-0.2, 0) is 25.7 Å². The first-order valence-electron chi connectivity index (χ1n) is 13.7. The van der Waals surface area contributed by atoms with Crippen LogP contribution in [0.4, 0.5) is 5.82 Å². The Balaban J connectivity index is 1.38. The van der Waals surface area contributed by atoms with E-state index in [2.05, 4.69) is 14.9 Å². The molecule has 0 N–H and O–H groups in total. The standard InChI is InChI=1S/C32H32N4O6/c1-40-31(39)32(36(28-21-33-16-17-34-28)29(37)27-13-8-20-41-27)14-18-35(19-15-32)22-26(25-11-6-3-7-12-25)30(38)42-23-24-9-4-2-5-10-24/h2-13,16-17,20-21,26H,14-15,18-19,22-23H2,1H3. The second-order valence-electron chi connectivity index (χ2n) is 10.1. The van der Waals surface area contributed by atoms with Gasteiger partial charge in [0.2, 0.25) is 0 Å². The zero-order chi connectivity index (χ0) is 29.4. The number of methoxy groups -OCH3 is 1. The number of esters is 2. The van der Waals surface area contributed by atoms with E-state index in [-0.39, 0.29) is 37.0 Å². The molecule has 1 fully saturated rings. The number of amides is 1. The third kappa shape index (κ3) is 6.23. The van der Waals surface area contributed by atoms with E-state index < -0.39 is 23.3 Å². The molecule has 216 valence electrons. The van der Waals surface area contributed by atoms with Crippen molar-refractivity contribution >= 4 is 23.7 Å². The molecular formula is C32H32N4O6. The number of rotatable bonds is 10. The van der Waals surface area contributed by atoms with Crippen molar-refractivity contribution in [1.29, 1.82) is 0 Å². The number of ether oxygens (including phenoxy) is 2. The summed E-state index contributed by atoms with van der Waals surface area (Å²) in [6, 6.07) is 22.2. The molecule has 2 aromatic carbocycles. The predicted octanol–water partition coefficient (Wildman–Crippen LogP) is 4.25. The summed E-state index contributed by atoms with van der Waals surface area (Å²) < 4.78 is 16.4. The van der Waals surface area contributed by atoms with Crippen molar-refractivity contribution in [3.8, 4) is 0 Å². The van der Waals surface area contributed by atoms with Gasteiger partial charge in [0.05, 0.1) is 25.5 Å². The van der Waals surface area contributed by atoms with Gasteiger partial charge in [0.1, 0.15) is 12.1 Å². The molecule has 4 aromatic rings. The molecule has 0 bridgehead atoms. The maximum Gasteiger partial charge on any atom is 0.332 e. The maximum absolute atomic E-state index is 13.7. The lowest BCUT2D eigenvalue weighted by molar-refractivity contribution is -0.150. The number of benzene rings is 2. The van der Waals surface area contributed by atoms with Gasteiger partial charge < -0.3 is 18.8 Å². The summed E-state index contributed by atoms with van der Waals surface area (Å²) in [5.41, 5.74) is 0.389. The molecule has 3 heterocycles. The highest BCUT2D eigenvalue weighted by Crippen LogP contribution is 2.36. The van der Waals surface area contributed by atoms with Crippen molar-refractivity contribution in [3.63, 3.8) is 0 Å². The van der Waals surface area contributed by atoms with E-state index in [0.717, 1.165) is 11.1 Å². The average Bonchev–Trinajstić information content (AvgIpc) is 3.60. The number of hydrogen-bond donors (Lipinski definition) is 0. The fourth-order valence-electron chi connectivity index (χ4n) is 5.34. The molecule has 1 aliphatic heterocycles. The number of likely N-dealkylation sites (tertiary alicyclic amines) is 1. The Morgan fingerprint density at radius 3 is 2.31 bits per heavy atom. The zero-order valence-electron chi connectivity index (χ0n) is 23.3. The molecule has 1 unspecified atom stereocenters. The molecule has 42 heavy (non-hydrogen) atoms. The molecule has 1 aliphatic rings. The van der Waals surface area contributed by atoms with E-state index in [9.17, 15) is 14.4 Å². The summed E-state index contributed by atoms with van der Waals surface area (Å²) in [5, 5.41) is 0. The second kappa shape index (κ2) is 13.2. The lowest BCUT2D eigenvalue weighted by Crippen LogP contribution is -2.63. The molecule has 2 aromatic heterocycles. The van der Waals surface area contributed by atoms with Crippen LogP contribution in [0, 0.1) is 0 Å². The summed E-state index contributed by atoms with van der Waals surface area (Å²) >= 11 is 0. The largest absolute Gasteiger partial charge is 0.467 e. The van der Waals surface area contributed by atoms with Gasteiger partial charge in [-0.3, -0.25) is 19.5 Å². The normalized spacial score (nSPS) is 15.4. The highest BCUT2D eigenvalue weighted by Gasteiger charge is 2.51. The van der Waals surface area contributed by atoms with Crippen molar-refractivity contribution in [1.82, 2.24) is 14.9 Å². The molecule has 1 saturated heterocycles. The van der Waals surface area contributed by atoms with Crippen molar-refractivity contribution in [2.45, 2.75) is 30.9 Å². The van der Waals surface area contributed by atoms with Crippen molar-refractivity contribution < 1.29 is 28.3 Å². The topological polar surface area (TPSA) is 115 Å². The van der Waals surface area contributed by atoms with Gasteiger partial charge in [-0.25, -0.2) is 9.78 Å². The second-order valence-corrected chi connectivity index (χ2v) is 10.1. The predicted molar refractivity (Wildman–Crippen MR) is 153 cm³/mol. The minimum absolute atomic E-state index is 0.0664. The van der Waals surface area contributed by atoms with Gasteiger partial charge in [-0.1, -0.05) is 60.7 Å². The Kier molecular flexibility index (Phi) is 9.03. The highest BCUT2D eigenvalue weighted by molar-refractivity contribution is 6.08. The van der Waals surface area contributed by atoms with Crippen LogP contribution < -0.4 is 4.90 Å². The van der Waals surface area contributed by atoms with E-state index in [1.54, 1.807) is 6.07 Å². The molecule has 1 atom stereocenters.